The first-order valence-corrected chi connectivity index (χ1v) is 4.00. The lowest BCUT2D eigenvalue weighted by molar-refractivity contribution is 0.384. The van der Waals surface area contributed by atoms with E-state index in [2.05, 4.69) is 9.88 Å². The highest BCUT2D eigenvalue weighted by Gasteiger charge is 2.02. The fourth-order valence-electron chi connectivity index (χ4n) is 0.877. The minimum absolute atomic E-state index is 0.450. The molecule has 0 fully saturated rings. The van der Waals surface area contributed by atoms with Gasteiger partial charge >= 0.3 is 0 Å². The van der Waals surface area contributed by atoms with Crippen LogP contribution >= 0.6 is 0 Å². The third kappa shape index (κ3) is 2.64. The molecule has 68 valence electrons. The van der Waals surface area contributed by atoms with Gasteiger partial charge in [-0.25, -0.2) is 4.98 Å². The number of nitrogens with two attached hydrogens (primary N) is 1. The van der Waals surface area contributed by atoms with Gasteiger partial charge in [0.05, 0.1) is 5.69 Å². The predicted octanol–water partition coefficient (Wildman–Crippen LogP) is 0.237. The Hall–Kier alpha value is -0.870. The molecule has 0 aromatic carbocycles. The van der Waals surface area contributed by atoms with Crippen molar-refractivity contribution in [3.63, 3.8) is 0 Å². The molecular formula is C8H15N3O. The molecule has 1 aromatic heterocycles. The zero-order valence-electron chi connectivity index (χ0n) is 7.58. The van der Waals surface area contributed by atoms with Crippen LogP contribution in [0.1, 0.15) is 11.6 Å². The maximum absolute atomic E-state index is 5.39. The molecule has 4 nitrogen and oxygen atoms in total. The van der Waals surface area contributed by atoms with Crippen molar-refractivity contribution >= 4 is 0 Å². The first-order chi connectivity index (χ1) is 5.72. The summed E-state index contributed by atoms with van der Waals surface area (Å²) in [7, 11) is 4.04. The maximum Gasteiger partial charge on any atom is 0.195 e. The molecule has 1 rings (SSSR count). The van der Waals surface area contributed by atoms with Gasteiger partial charge in [-0.1, -0.05) is 0 Å². The van der Waals surface area contributed by atoms with Crippen molar-refractivity contribution in [3.05, 3.63) is 17.8 Å². The Morgan fingerprint density at radius 1 is 1.58 bits per heavy atom. The number of hydrogen-bond acceptors (Lipinski definition) is 4. The van der Waals surface area contributed by atoms with Gasteiger partial charge in [0, 0.05) is 19.5 Å². The molecule has 0 amide bonds. The summed E-state index contributed by atoms with van der Waals surface area (Å²) in [5, 5.41) is 0. The Bertz CT molecular complexity index is 232. The summed E-state index contributed by atoms with van der Waals surface area (Å²) in [5.41, 5.74) is 6.21. The lowest BCUT2D eigenvalue weighted by Crippen LogP contribution is -2.15. The van der Waals surface area contributed by atoms with Crippen LogP contribution in [-0.4, -0.2) is 30.5 Å². The van der Waals surface area contributed by atoms with Crippen LogP contribution in [0.5, 0.6) is 0 Å². The van der Waals surface area contributed by atoms with E-state index in [0.29, 0.717) is 6.54 Å². The van der Waals surface area contributed by atoms with E-state index in [1.54, 1.807) is 6.26 Å². The highest BCUT2D eigenvalue weighted by atomic mass is 16.3. The van der Waals surface area contributed by atoms with Crippen LogP contribution in [0.4, 0.5) is 0 Å². The van der Waals surface area contributed by atoms with Crippen molar-refractivity contribution in [1.82, 2.24) is 9.88 Å². The molecular weight excluding hydrogens is 154 g/mol. The summed E-state index contributed by atoms with van der Waals surface area (Å²) in [6.07, 6.45) is 2.46. The summed E-state index contributed by atoms with van der Waals surface area (Å²) in [4.78, 5) is 6.27. The fraction of sp³-hybridized carbons (Fsp3) is 0.625. The predicted molar refractivity (Wildman–Crippen MR) is 46.7 cm³/mol. The molecule has 0 unspecified atom stereocenters. The van der Waals surface area contributed by atoms with E-state index in [-0.39, 0.29) is 0 Å². The van der Waals surface area contributed by atoms with Gasteiger partial charge < -0.3 is 15.1 Å². The molecule has 0 radical (unpaired) electrons. The van der Waals surface area contributed by atoms with Gasteiger partial charge in [0.15, 0.2) is 5.89 Å². The molecule has 0 aliphatic carbocycles. The van der Waals surface area contributed by atoms with Gasteiger partial charge in [0.25, 0.3) is 0 Å². The minimum atomic E-state index is 0.450. The number of likely N-dealkylation sites (N-methyl/N-ethyl adjacent to an activating group) is 1. The van der Waals surface area contributed by atoms with Gasteiger partial charge in [-0.05, 0) is 14.1 Å². The lowest BCUT2D eigenvalue weighted by atomic mass is 10.4. The quantitative estimate of drug-likeness (QED) is 0.701. The normalized spacial score (nSPS) is 11.0. The number of nitrogens with zero attached hydrogens (tertiary/aromatic N) is 2. The topological polar surface area (TPSA) is 55.3 Å². The monoisotopic (exact) mass is 169 g/mol. The summed E-state index contributed by atoms with van der Waals surface area (Å²) < 4.78 is 5.19. The Kier molecular flexibility index (Phi) is 3.25. The summed E-state index contributed by atoms with van der Waals surface area (Å²) in [6, 6.07) is 0. The Labute approximate surface area is 72.4 Å². The third-order valence-electron chi connectivity index (χ3n) is 1.58. The zero-order chi connectivity index (χ0) is 8.97. The van der Waals surface area contributed by atoms with Crippen molar-refractivity contribution in [2.75, 3.05) is 20.6 Å². The molecule has 0 spiro atoms. The fourth-order valence-corrected chi connectivity index (χ4v) is 0.877. The molecule has 1 aromatic rings. The van der Waals surface area contributed by atoms with Crippen LogP contribution in [0.25, 0.3) is 0 Å². The van der Waals surface area contributed by atoms with Crippen LogP contribution in [0.2, 0.25) is 0 Å². The third-order valence-corrected chi connectivity index (χ3v) is 1.58. The van der Waals surface area contributed by atoms with E-state index >= 15 is 0 Å². The zero-order valence-corrected chi connectivity index (χ0v) is 7.58. The second-order valence-corrected chi connectivity index (χ2v) is 2.99. The SMILES string of the molecule is CN(C)CCc1nc(CN)co1. The van der Waals surface area contributed by atoms with E-state index in [4.69, 9.17) is 10.2 Å². The van der Waals surface area contributed by atoms with Gasteiger partial charge in [0.1, 0.15) is 6.26 Å². The van der Waals surface area contributed by atoms with Gasteiger partial charge in [0.2, 0.25) is 0 Å². The summed E-state index contributed by atoms with van der Waals surface area (Å²) in [5.74, 6) is 0.768. The van der Waals surface area contributed by atoms with Crippen LogP contribution in [-0.2, 0) is 13.0 Å². The van der Waals surface area contributed by atoms with E-state index in [0.717, 1.165) is 24.6 Å². The van der Waals surface area contributed by atoms with Gasteiger partial charge in [-0.3, -0.25) is 0 Å². The van der Waals surface area contributed by atoms with E-state index in [1.165, 1.54) is 0 Å². The molecule has 2 N–H and O–H groups in total. The second kappa shape index (κ2) is 4.23. The smallest absolute Gasteiger partial charge is 0.195 e. The van der Waals surface area contributed by atoms with Crippen molar-refractivity contribution in [2.24, 2.45) is 5.73 Å². The average molecular weight is 169 g/mol. The minimum Gasteiger partial charge on any atom is -0.449 e. The number of rotatable bonds is 4. The van der Waals surface area contributed by atoms with E-state index < -0.39 is 0 Å². The molecule has 0 atom stereocenters. The molecule has 12 heavy (non-hydrogen) atoms. The maximum atomic E-state index is 5.39. The van der Waals surface area contributed by atoms with Crippen LogP contribution in [0, 0.1) is 0 Å². The molecule has 0 aliphatic heterocycles. The van der Waals surface area contributed by atoms with Crippen molar-refractivity contribution < 1.29 is 4.42 Å². The molecule has 0 aliphatic rings. The van der Waals surface area contributed by atoms with Gasteiger partial charge in [-0.15, -0.1) is 0 Å². The van der Waals surface area contributed by atoms with Crippen molar-refractivity contribution in [2.45, 2.75) is 13.0 Å². The Morgan fingerprint density at radius 2 is 2.33 bits per heavy atom. The van der Waals surface area contributed by atoms with Crippen LogP contribution in [0.3, 0.4) is 0 Å². The van der Waals surface area contributed by atoms with E-state index in [9.17, 15) is 0 Å². The summed E-state index contributed by atoms with van der Waals surface area (Å²) in [6.45, 7) is 1.40. The summed E-state index contributed by atoms with van der Waals surface area (Å²) >= 11 is 0. The van der Waals surface area contributed by atoms with Crippen molar-refractivity contribution in [1.29, 1.82) is 0 Å². The van der Waals surface area contributed by atoms with Crippen LogP contribution < -0.4 is 5.73 Å². The molecule has 0 saturated heterocycles. The van der Waals surface area contributed by atoms with Crippen LogP contribution in [0.15, 0.2) is 10.7 Å². The van der Waals surface area contributed by atoms with E-state index in [1.807, 2.05) is 14.1 Å². The molecule has 4 heteroatoms. The Balaban J connectivity index is 2.41. The number of hydrogen-bond donors (Lipinski definition) is 1. The van der Waals surface area contributed by atoms with Crippen molar-refractivity contribution in [3.8, 4) is 0 Å². The molecule has 0 bridgehead atoms. The first kappa shape index (κ1) is 9.22. The number of aromatic nitrogens is 1. The average Bonchev–Trinajstić information content (AvgIpc) is 2.48. The standard InChI is InChI=1S/C8H15N3O/c1-11(2)4-3-8-10-7(5-9)6-12-8/h6H,3-5,9H2,1-2H3. The second-order valence-electron chi connectivity index (χ2n) is 2.99. The molecule has 0 saturated carbocycles. The highest BCUT2D eigenvalue weighted by Crippen LogP contribution is 2.01. The van der Waals surface area contributed by atoms with Gasteiger partial charge in [-0.2, -0.15) is 0 Å². The first-order valence-electron chi connectivity index (χ1n) is 4.00. The largest absolute Gasteiger partial charge is 0.449 e. The molecule has 1 heterocycles. The lowest BCUT2D eigenvalue weighted by Gasteiger charge is -2.05. The Morgan fingerprint density at radius 3 is 2.83 bits per heavy atom. The highest BCUT2D eigenvalue weighted by molar-refractivity contribution is 4.95. The number of oxazole rings is 1.